The number of carbonyl (C=O) groups is 1. The Morgan fingerprint density at radius 1 is 1.19 bits per heavy atom. The Morgan fingerprint density at radius 3 is 2.25 bits per heavy atom. The van der Waals surface area contributed by atoms with Gasteiger partial charge in [-0.3, -0.25) is 0 Å². The zero-order chi connectivity index (χ0) is 11.6. The summed E-state index contributed by atoms with van der Waals surface area (Å²) in [5.74, 6) is 0. The molecule has 1 aliphatic rings. The first-order valence-corrected chi connectivity index (χ1v) is 5.56. The molecular weight excluding hydrogens is 202 g/mol. The number of urea groups is 1. The molecule has 0 spiro atoms. The normalized spacial score (nSPS) is 18.2. The lowest BCUT2D eigenvalue weighted by molar-refractivity contribution is 0.233. The molecule has 5 N–H and O–H groups in total. The molecule has 0 radical (unpaired) electrons. The average molecular weight is 219 g/mol. The molecule has 4 nitrogen and oxygen atoms in total. The predicted octanol–water partition coefficient (Wildman–Crippen LogP) is 1.71. The van der Waals surface area contributed by atoms with E-state index in [0.717, 1.165) is 36.9 Å². The van der Waals surface area contributed by atoms with Gasteiger partial charge in [-0.25, -0.2) is 4.79 Å². The lowest BCUT2D eigenvalue weighted by Gasteiger charge is -2.30. The molecule has 0 heterocycles. The quantitative estimate of drug-likeness (QED) is 0.662. The highest BCUT2D eigenvalue weighted by atomic mass is 16.2. The molecule has 1 aliphatic carbocycles. The number of amides is 2. The van der Waals surface area contributed by atoms with Gasteiger partial charge in [0.25, 0.3) is 0 Å². The van der Waals surface area contributed by atoms with Gasteiger partial charge in [0.15, 0.2) is 0 Å². The summed E-state index contributed by atoms with van der Waals surface area (Å²) in [6, 6.07) is 7.20. The van der Waals surface area contributed by atoms with E-state index in [2.05, 4.69) is 5.32 Å². The van der Waals surface area contributed by atoms with Gasteiger partial charge in [-0.05, 0) is 30.5 Å². The zero-order valence-corrected chi connectivity index (χ0v) is 9.20. The largest absolute Gasteiger partial charge is 0.399 e. The number of hydrogen-bond donors (Lipinski definition) is 3. The third-order valence-corrected chi connectivity index (χ3v) is 3.28. The molecule has 0 aliphatic heterocycles. The van der Waals surface area contributed by atoms with Gasteiger partial charge in [-0.15, -0.1) is 0 Å². The number of nitrogens with two attached hydrogens (primary N) is 2. The van der Waals surface area contributed by atoms with E-state index in [9.17, 15) is 4.79 Å². The van der Waals surface area contributed by atoms with Crippen molar-refractivity contribution in [1.29, 1.82) is 0 Å². The number of carbonyl (C=O) groups excluding carboxylic acids is 1. The van der Waals surface area contributed by atoms with Crippen molar-refractivity contribution in [3.05, 3.63) is 29.8 Å². The van der Waals surface area contributed by atoms with Crippen molar-refractivity contribution in [2.24, 2.45) is 5.73 Å². The maximum atomic E-state index is 11.1. The first-order valence-electron chi connectivity index (χ1n) is 5.56. The van der Waals surface area contributed by atoms with Crippen LogP contribution in [0.4, 0.5) is 10.5 Å². The van der Waals surface area contributed by atoms with Gasteiger partial charge < -0.3 is 16.8 Å². The number of nitrogens with one attached hydrogen (secondary N) is 1. The van der Waals surface area contributed by atoms with Crippen LogP contribution in [-0.4, -0.2) is 6.03 Å². The number of nitrogen functional groups attached to an aromatic ring is 1. The molecule has 2 amide bonds. The smallest absolute Gasteiger partial charge is 0.312 e. The first-order chi connectivity index (χ1) is 7.62. The van der Waals surface area contributed by atoms with Gasteiger partial charge in [0.1, 0.15) is 0 Å². The van der Waals surface area contributed by atoms with Gasteiger partial charge in [0, 0.05) is 5.69 Å². The Labute approximate surface area is 95.0 Å². The second-order valence-corrected chi connectivity index (χ2v) is 4.40. The Kier molecular flexibility index (Phi) is 2.73. The van der Waals surface area contributed by atoms with Crippen LogP contribution in [0.2, 0.25) is 0 Å². The summed E-state index contributed by atoms with van der Waals surface area (Å²) in [7, 11) is 0. The molecule has 0 saturated heterocycles. The zero-order valence-electron chi connectivity index (χ0n) is 9.20. The Morgan fingerprint density at radius 2 is 1.75 bits per heavy atom. The third kappa shape index (κ3) is 1.96. The summed E-state index contributed by atoms with van der Waals surface area (Å²) in [6.45, 7) is 0. The van der Waals surface area contributed by atoms with Crippen molar-refractivity contribution in [3.8, 4) is 0 Å². The van der Waals surface area contributed by atoms with Gasteiger partial charge in [0.05, 0.1) is 5.54 Å². The highest BCUT2D eigenvalue weighted by Gasteiger charge is 2.36. The van der Waals surface area contributed by atoms with Crippen LogP contribution >= 0.6 is 0 Å². The van der Waals surface area contributed by atoms with Crippen molar-refractivity contribution in [3.63, 3.8) is 0 Å². The van der Waals surface area contributed by atoms with E-state index >= 15 is 0 Å². The number of anilines is 1. The maximum Gasteiger partial charge on any atom is 0.312 e. The van der Waals surface area contributed by atoms with E-state index in [0.29, 0.717) is 0 Å². The predicted molar refractivity (Wildman–Crippen MR) is 63.7 cm³/mol. The van der Waals surface area contributed by atoms with Gasteiger partial charge in [-0.1, -0.05) is 25.0 Å². The number of primary amides is 1. The Hall–Kier alpha value is -1.71. The summed E-state index contributed by atoms with van der Waals surface area (Å²) in [4.78, 5) is 11.1. The standard InChI is InChI=1S/C12H17N3O/c13-10-5-3-9(4-6-10)12(15-11(14)16)7-1-2-8-12/h3-6H,1-2,7-8,13H2,(H3,14,15,16). The van der Waals surface area contributed by atoms with E-state index < -0.39 is 6.03 Å². The maximum absolute atomic E-state index is 11.1. The summed E-state index contributed by atoms with van der Waals surface area (Å²) in [5.41, 5.74) is 12.5. The number of benzene rings is 1. The molecule has 0 aromatic heterocycles. The lowest BCUT2D eigenvalue weighted by atomic mass is 9.88. The monoisotopic (exact) mass is 219 g/mol. The van der Waals surface area contributed by atoms with E-state index in [1.54, 1.807) is 0 Å². The molecule has 1 saturated carbocycles. The second kappa shape index (κ2) is 4.04. The highest BCUT2D eigenvalue weighted by Crippen LogP contribution is 2.38. The summed E-state index contributed by atoms with van der Waals surface area (Å²) < 4.78 is 0. The minimum atomic E-state index is -0.460. The fourth-order valence-corrected chi connectivity index (χ4v) is 2.50. The Balaban J connectivity index is 2.31. The molecule has 16 heavy (non-hydrogen) atoms. The van der Waals surface area contributed by atoms with Crippen LogP contribution < -0.4 is 16.8 Å². The third-order valence-electron chi connectivity index (χ3n) is 3.28. The van der Waals surface area contributed by atoms with Crippen LogP contribution in [0.3, 0.4) is 0 Å². The van der Waals surface area contributed by atoms with Crippen molar-refractivity contribution < 1.29 is 4.79 Å². The minimum Gasteiger partial charge on any atom is -0.399 e. The number of hydrogen-bond acceptors (Lipinski definition) is 2. The molecular formula is C12H17N3O. The van der Waals surface area contributed by atoms with E-state index in [1.165, 1.54) is 0 Å². The minimum absolute atomic E-state index is 0.278. The fourth-order valence-electron chi connectivity index (χ4n) is 2.50. The lowest BCUT2D eigenvalue weighted by Crippen LogP contribution is -2.46. The summed E-state index contributed by atoms with van der Waals surface area (Å²) >= 11 is 0. The topological polar surface area (TPSA) is 81.1 Å². The molecule has 1 aromatic carbocycles. The van der Waals surface area contributed by atoms with Crippen molar-refractivity contribution in [2.75, 3.05) is 5.73 Å². The van der Waals surface area contributed by atoms with E-state index in [1.807, 2.05) is 24.3 Å². The molecule has 0 atom stereocenters. The van der Waals surface area contributed by atoms with E-state index in [-0.39, 0.29) is 5.54 Å². The number of rotatable bonds is 2. The molecule has 2 rings (SSSR count). The molecule has 1 fully saturated rings. The fraction of sp³-hybridized carbons (Fsp3) is 0.417. The average Bonchev–Trinajstić information content (AvgIpc) is 2.67. The van der Waals surface area contributed by atoms with Gasteiger partial charge in [-0.2, -0.15) is 0 Å². The molecule has 0 bridgehead atoms. The van der Waals surface area contributed by atoms with Crippen molar-refractivity contribution in [2.45, 2.75) is 31.2 Å². The van der Waals surface area contributed by atoms with Gasteiger partial charge in [0.2, 0.25) is 0 Å². The van der Waals surface area contributed by atoms with E-state index in [4.69, 9.17) is 11.5 Å². The van der Waals surface area contributed by atoms with Crippen LogP contribution in [0.5, 0.6) is 0 Å². The Bertz CT molecular complexity index is 380. The van der Waals surface area contributed by atoms with Crippen LogP contribution in [0.15, 0.2) is 24.3 Å². The van der Waals surface area contributed by atoms with Crippen molar-refractivity contribution >= 4 is 11.7 Å². The summed E-state index contributed by atoms with van der Waals surface area (Å²) in [5, 5.41) is 2.89. The molecule has 86 valence electrons. The van der Waals surface area contributed by atoms with Gasteiger partial charge >= 0.3 is 6.03 Å². The molecule has 4 heteroatoms. The highest BCUT2D eigenvalue weighted by molar-refractivity contribution is 5.73. The van der Waals surface area contributed by atoms with Crippen molar-refractivity contribution in [1.82, 2.24) is 5.32 Å². The summed E-state index contributed by atoms with van der Waals surface area (Å²) in [6.07, 6.45) is 4.12. The SMILES string of the molecule is NC(=O)NC1(c2ccc(N)cc2)CCCC1. The molecule has 1 aromatic rings. The van der Waals surface area contributed by atoms with Crippen LogP contribution in [0, 0.1) is 0 Å². The van der Waals surface area contributed by atoms with Crippen LogP contribution in [0.1, 0.15) is 31.2 Å². The van der Waals surface area contributed by atoms with Crippen LogP contribution in [-0.2, 0) is 5.54 Å². The molecule has 0 unspecified atom stereocenters. The second-order valence-electron chi connectivity index (χ2n) is 4.40. The first kappa shape index (κ1) is 10.8. The van der Waals surface area contributed by atoms with Crippen LogP contribution in [0.25, 0.3) is 0 Å².